The van der Waals surface area contributed by atoms with Crippen LogP contribution in [0.3, 0.4) is 0 Å². The van der Waals surface area contributed by atoms with Crippen LogP contribution in [0.25, 0.3) is 0 Å². The SMILES string of the molecule is COCCO[PH](=O)O. The Balaban J connectivity index is 2.82. The largest absolute Gasteiger partial charge is 0.382 e. The van der Waals surface area contributed by atoms with Gasteiger partial charge in [-0.1, -0.05) is 0 Å². The predicted octanol–water partition coefficient (Wildman–Crippen LogP) is 0.0314. The second-order valence-corrected chi connectivity index (χ2v) is 1.93. The van der Waals surface area contributed by atoms with Crippen molar-refractivity contribution in [2.24, 2.45) is 0 Å². The molecule has 4 nitrogen and oxygen atoms in total. The molecule has 1 atom stereocenters. The van der Waals surface area contributed by atoms with Crippen LogP contribution in [0.4, 0.5) is 0 Å². The highest BCUT2D eigenvalue weighted by atomic mass is 31.1. The van der Waals surface area contributed by atoms with Gasteiger partial charge >= 0.3 is 8.25 Å². The van der Waals surface area contributed by atoms with Gasteiger partial charge in [-0.3, -0.25) is 4.57 Å². The lowest BCUT2D eigenvalue weighted by Gasteiger charge is -1.95. The van der Waals surface area contributed by atoms with Gasteiger partial charge in [0.1, 0.15) is 0 Å². The Kier molecular flexibility index (Phi) is 5.32. The highest BCUT2D eigenvalue weighted by Gasteiger charge is 1.88. The quantitative estimate of drug-likeness (QED) is 0.442. The average Bonchev–Trinajstić information content (AvgIpc) is 1.66. The fourth-order valence-corrected chi connectivity index (χ4v) is 0.470. The third-order valence-electron chi connectivity index (χ3n) is 0.513. The van der Waals surface area contributed by atoms with Crippen LogP contribution in [0.15, 0.2) is 0 Å². The maximum atomic E-state index is 9.78. The van der Waals surface area contributed by atoms with E-state index >= 15 is 0 Å². The monoisotopic (exact) mass is 140 g/mol. The lowest BCUT2D eigenvalue weighted by molar-refractivity contribution is 0.143. The summed E-state index contributed by atoms with van der Waals surface area (Å²) >= 11 is 0. The zero-order valence-electron chi connectivity index (χ0n) is 4.59. The Morgan fingerprint density at radius 2 is 2.25 bits per heavy atom. The molecule has 0 aromatic rings. The molecule has 0 aliphatic rings. The van der Waals surface area contributed by atoms with E-state index in [1.807, 2.05) is 0 Å². The van der Waals surface area contributed by atoms with Crippen molar-refractivity contribution >= 4 is 8.25 Å². The van der Waals surface area contributed by atoms with E-state index in [0.29, 0.717) is 6.61 Å². The first-order chi connectivity index (χ1) is 3.77. The van der Waals surface area contributed by atoms with E-state index in [1.54, 1.807) is 0 Å². The van der Waals surface area contributed by atoms with Gasteiger partial charge in [-0.25, -0.2) is 0 Å². The molecule has 0 aliphatic carbocycles. The normalized spacial score (nSPS) is 13.8. The summed E-state index contributed by atoms with van der Waals surface area (Å²) in [5.74, 6) is 0. The second kappa shape index (κ2) is 5.25. The van der Waals surface area contributed by atoms with Gasteiger partial charge in [-0.15, -0.1) is 0 Å². The molecule has 0 rings (SSSR count). The maximum Gasteiger partial charge on any atom is 0.316 e. The minimum atomic E-state index is -2.74. The van der Waals surface area contributed by atoms with Crippen molar-refractivity contribution in [3.8, 4) is 0 Å². The second-order valence-electron chi connectivity index (χ2n) is 1.11. The molecule has 1 unspecified atom stereocenters. The summed E-state index contributed by atoms with van der Waals surface area (Å²) in [6.45, 7) is 0.543. The fourth-order valence-electron chi connectivity index (χ4n) is 0.212. The Labute approximate surface area is 48.4 Å². The van der Waals surface area contributed by atoms with Gasteiger partial charge in [0.15, 0.2) is 0 Å². The Hall–Kier alpha value is 0.110. The number of methoxy groups -OCH3 is 1. The minimum absolute atomic E-state index is 0.185. The maximum absolute atomic E-state index is 9.78. The molecule has 0 fully saturated rings. The molecule has 5 heteroatoms. The minimum Gasteiger partial charge on any atom is -0.382 e. The first-order valence-electron chi connectivity index (χ1n) is 2.12. The van der Waals surface area contributed by atoms with E-state index in [0.717, 1.165) is 0 Å². The van der Waals surface area contributed by atoms with Gasteiger partial charge < -0.3 is 14.2 Å². The van der Waals surface area contributed by atoms with Gasteiger partial charge in [0.2, 0.25) is 0 Å². The lowest BCUT2D eigenvalue weighted by Crippen LogP contribution is -1.95. The van der Waals surface area contributed by atoms with E-state index in [-0.39, 0.29) is 6.61 Å². The molecular weight excluding hydrogens is 131 g/mol. The van der Waals surface area contributed by atoms with Crippen LogP contribution >= 0.6 is 8.25 Å². The van der Waals surface area contributed by atoms with Gasteiger partial charge in [0.05, 0.1) is 13.2 Å². The summed E-state index contributed by atoms with van der Waals surface area (Å²) in [6.07, 6.45) is 0. The van der Waals surface area contributed by atoms with Crippen LogP contribution in [0.5, 0.6) is 0 Å². The van der Waals surface area contributed by atoms with Crippen molar-refractivity contribution in [3.63, 3.8) is 0 Å². The topological polar surface area (TPSA) is 55.8 Å². The van der Waals surface area contributed by atoms with Gasteiger partial charge in [-0.2, -0.15) is 0 Å². The third-order valence-corrected chi connectivity index (χ3v) is 0.964. The Morgan fingerprint density at radius 3 is 2.62 bits per heavy atom. The van der Waals surface area contributed by atoms with E-state index in [1.165, 1.54) is 7.11 Å². The standard InChI is InChI=1S/C3H9O4P/c1-6-2-3-7-8(4)5/h8H,2-3H2,1H3,(H,4,5). The zero-order chi connectivity index (χ0) is 6.41. The molecule has 0 bridgehead atoms. The molecule has 0 saturated carbocycles. The van der Waals surface area contributed by atoms with Crippen molar-refractivity contribution < 1.29 is 18.7 Å². The summed E-state index contributed by atoms with van der Waals surface area (Å²) in [5, 5.41) is 0. The Morgan fingerprint density at radius 1 is 1.62 bits per heavy atom. The lowest BCUT2D eigenvalue weighted by atomic mass is 10.8. The van der Waals surface area contributed by atoms with Crippen molar-refractivity contribution in [1.29, 1.82) is 0 Å². The molecule has 0 heterocycles. The van der Waals surface area contributed by atoms with Crippen molar-refractivity contribution in [2.75, 3.05) is 20.3 Å². The molecule has 1 N–H and O–H groups in total. The first-order valence-corrected chi connectivity index (χ1v) is 3.38. The van der Waals surface area contributed by atoms with Gasteiger partial charge in [-0.05, 0) is 0 Å². The van der Waals surface area contributed by atoms with Crippen LogP contribution in [0, 0.1) is 0 Å². The molecule has 0 aromatic heterocycles. The summed E-state index contributed by atoms with van der Waals surface area (Å²) < 4.78 is 18.6. The van der Waals surface area contributed by atoms with Crippen molar-refractivity contribution in [3.05, 3.63) is 0 Å². The molecular formula is C3H9O4P. The smallest absolute Gasteiger partial charge is 0.316 e. The van der Waals surface area contributed by atoms with Crippen LogP contribution in [-0.4, -0.2) is 25.2 Å². The molecule has 8 heavy (non-hydrogen) atoms. The first kappa shape index (κ1) is 8.11. The molecule has 0 radical (unpaired) electrons. The Bertz CT molecular complexity index is 73.7. The average molecular weight is 140 g/mol. The molecule has 0 amide bonds. The predicted molar refractivity (Wildman–Crippen MR) is 29.0 cm³/mol. The summed E-state index contributed by atoms with van der Waals surface area (Å²) in [4.78, 5) is 8.05. The highest BCUT2D eigenvalue weighted by Crippen LogP contribution is 2.12. The number of ether oxygens (including phenoxy) is 1. The van der Waals surface area contributed by atoms with E-state index in [2.05, 4.69) is 9.26 Å². The number of hydrogen-bond donors (Lipinski definition) is 1. The fraction of sp³-hybridized carbons (Fsp3) is 1.00. The highest BCUT2D eigenvalue weighted by molar-refractivity contribution is 7.32. The third kappa shape index (κ3) is 6.11. The molecule has 50 valence electrons. The van der Waals surface area contributed by atoms with Gasteiger partial charge in [0, 0.05) is 7.11 Å². The number of hydrogen-bond acceptors (Lipinski definition) is 3. The van der Waals surface area contributed by atoms with Crippen LogP contribution < -0.4 is 0 Å². The van der Waals surface area contributed by atoms with E-state index in [4.69, 9.17) is 4.89 Å². The van der Waals surface area contributed by atoms with E-state index in [9.17, 15) is 4.57 Å². The molecule has 0 aliphatic heterocycles. The molecule has 0 aromatic carbocycles. The van der Waals surface area contributed by atoms with Crippen LogP contribution in [0.2, 0.25) is 0 Å². The molecule has 0 spiro atoms. The van der Waals surface area contributed by atoms with Crippen molar-refractivity contribution in [2.45, 2.75) is 0 Å². The summed E-state index contributed by atoms with van der Waals surface area (Å²) in [7, 11) is -1.24. The summed E-state index contributed by atoms with van der Waals surface area (Å²) in [5.41, 5.74) is 0. The van der Waals surface area contributed by atoms with Crippen LogP contribution in [0.1, 0.15) is 0 Å². The summed E-state index contributed by atoms with van der Waals surface area (Å²) in [6, 6.07) is 0. The number of rotatable bonds is 4. The zero-order valence-corrected chi connectivity index (χ0v) is 5.59. The van der Waals surface area contributed by atoms with Crippen LogP contribution in [-0.2, 0) is 13.8 Å². The molecule has 0 saturated heterocycles. The van der Waals surface area contributed by atoms with E-state index < -0.39 is 8.25 Å². The van der Waals surface area contributed by atoms with Crippen molar-refractivity contribution in [1.82, 2.24) is 0 Å². The van der Waals surface area contributed by atoms with Gasteiger partial charge in [0.25, 0.3) is 0 Å².